The van der Waals surface area contributed by atoms with Crippen LogP contribution in [0.1, 0.15) is 5.56 Å². The highest BCUT2D eigenvalue weighted by atomic mass is 16.4. The van der Waals surface area contributed by atoms with E-state index in [4.69, 9.17) is 0 Å². The first-order chi connectivity index (χ1) is 7.18. The van der Waals surface area contributed by atoms with Gasteiger partial charge in [0.25, 0.3) is 0 Å². The van der Waals surface area contributed by atoms with Gasteiger partial charge in [-0.2, -0.15) is 0 Å². The number of fused-ring (bicyclic) bond motifs is 1. The van der Waals surface area contributed by atoms with Crippen LogP contribution in [-0.4, -0.2) is 10.5 Å². The Morgan fingerprint density at radius 1 is 1.40 bits per heavy atom. The van der Waals surface area contributed by atoms with Gasteiger partial charge in [0.2, 0.25) is 0 Å². The van der Waals surface area contributed by atoms with Crippen LogP contribution in [0.25, 0.3) is 17.0 Å². The van der Waals surface area contributed by atoms with E-state index in [9.17, 15) is 9.90 Å². The highest BCUT2D eigenvalue weighted by molar-refractivity contribution is 5.93. The van der Waals surface area contributed by atoms with Crippen molar-refractivity contribution in [3.05, 3.63) is 42.1 Å². The summed E-state index contributed by atoms with van der Waals surface area (Å²) in [5, 5.41) is 11.4. The molecule has 0 unspecified atom stereocenters. The van der Waals surface area contributed by atoms with Gasteiger partial charge >= 0.3 is 0 Å². The largest absolute Gasteiger partial charge is 0.545 e. The van der Waals surface area contributed by atoms with Crippen LogP contribution in [0.2, 0.25) is 0 Å². The lowest BCUT2D eigenvalue weighted by molar-refractivity contribution is -0.297. The molecule has 2 rings (SSSR count). The topological polar surface area (TPSA) is 45.1 Å². The molecule has 0 atom stereocenters. The molecule has 1 aromatic heterocycles. The highest BCUT2D eigenvalue weighted by Gasteiger charge is 2.01. The van der Waals surface area contributed by atoms with Crippen molar-refractivity contribution < 1.29 is 9.90 Å². The van der Waals surface area contributed by atoms with Gasteiger partial charge < -0.3 is 14.5 Å². The molecular formula is C12H10NO2-. The molecule has 0 spiro atoms. The Bertz CT molecular complexity index is 538. The van der Waals surface area contributed by atoms with Crippen LogP contribution in [0, 0.1) is 0 Å². The van der Waals surface area contributed by atoms with E-state index in [0.29, 0.717) is 0 Å². The molecule has 0 aliphatic heterocycles. The van der Waals surface area contributed by atoms with Crippen LogP contribution in [-0.2, 0) is 11.8 Å². The van der Waals surface area contributed by atoms with E-state index in [1.165, 1.54) is 0 Å². The normalized spacial score (nSPS) is 11.3. The zero-order valence-corrected chi connectivity index (χ0v) is 8.31. The number of carboxylic acids is 1. The molecule has 3 nitrogen and oxygen atoms in total. The first-order valence-corrected chi connectivity index (χ1v) is 4.61. The lowest BCUT2D eigenvalue weighted by atomic mass is 10.1. The van der Waals surface area contributed by atoms with Gasteiger partial charge in [-0.15, -0.1) is 0 Å². The molecular weight excluding hydrogens is 190 g/mol. The summed E-state index contributed by atoms with van der Waals surface area (Å²) in [6, 6.07) is 7.84. The SMILES string of the molecule is Cn1cc(/C=C/C(=O)[O-])c2ccccc21. The third-order valence-electron chi connectivity index (χ3n) is 2.33. The summed E-state index contributed by atoms with van der Waals surface area (Å²) >= 11 is 0. The predicted octanol–water partition coefficient (Wildman–Crippen LogP) is 0.941. The zero-order chi connectivity index (χ0) is 10.8. The van der Waals surface area contributed by atoms with E-state index in [-0.39, 0.29) is 0 Å². The van der Waals surface area contributed by atoms with E-state index < -0.39 is 5.97 Å². The minimum Gasteiger partial charge on any atom is -0.545 e. The Balaban J connectivity index is 2.57. The van der Waals surface area contributed by atoms with Crippen LogP contribution in [0.4, 0.5) is 0 Å². The number of benzene rings is 1. The predicted molar refractivity (Wildman–Crippen MR) is 57.0 cm³/mol. The second-order valence-electron chi connectivity index (χ2n) is 3.36. The Morgan fingerprint density at radius 2 is 2.13 bits per heavy atom. The monoisotopic (exact) mass is 200 g/mol. The van der Waals surface area contributed by atoms with Crippen molar-refractivity contribution in [2.75, 3.05) is 0 Å². The van der Waals surface area contributed by atoms with Gasteiger partial charge in [-0.1, -0.05) is 24.3 Å². The average molecular weight is 200 g/mol. The Morgan fingerprint density at radius 3 is 2.87 bits per heavy atom. The number of nitrogens with zero attached hydrogens (tertiary/aromatic N) is 1. The number of carboxylic acid groups (broad SMARTS) is 1. The molecule has 0 fully saturated rings. The number of aromatic nitrogens is 1. The molecule has 0 amide bonds. The Kier molecular flexibility index (Phi) is 2.29. The first-order valence-electron chi connectivity index (χ1n) is 4.61. The minimum absolute atomic E-state index is 0.886. The molecule has 76 valence electrons. The number of rotatable bonds is 2. The molecule has 0 aliphatic carbocycles. The van der Waals surface area contributed by atoms with Crippen molar-refractivity contribution in [2.45, 2.75) is 0 Å². The molecule has 0 radical (unpaired) electrons. The van der Waals surface area contributed by atoms with Gasteiger partial charge in [-0.25, -0.2) is 0 Å². The van der Waals surface area contributed by atoms with Crippen LogP contribution < -0.4 is 5.11 Å². The van der Waals surface area contributed by atoms with Crippen molar-refractivity contribution in [1.82, 2.24) is 4.57 Å². The molecule has 2 aromatic rings. The first kappa shape index (κ1) is 9.52. The fourth-order valence-corrected chi connectivity index (χ4v) is 1.66. The number of hydrogen-bond donors (Lipinski definition) is 0. The average Bonchev–Trinajstić information content (AvgIpc) is 2.54. The van der Waals surface area contributed by atoms with Crippen LogP contribution in [0.15, 0.2) is 36.5 Å². The smallest absolute Gasteiger partial charge is 0.0643 e. The molecule has 1 heterocycles. The van der Waals surface area contributed by atoms with E-state index in [1.807, 2.05) is 42.1 Å². The maximum atomic E-state index is 10.3. The summed E-state index contributed by atoms with van der Waals surface area (Å²) in [5.41, 5.74) is 1.97. The second-order valence-corrected chi connectivity index (χ2v) is 3.36. The molecule has 3 heteroatoms. The quantitative estimate of drug-likeness (QED) is 0.677. The van der Waals surface area contributed by atoms with Crippen LogP contribution in [0.3, 0.4) is 0 Å². The zero-order valence-electron chi connectivity index (χ0n) is 8.31. The van der Waals surface area contributed by atoms with Crippen molar-refractivity contribution in [3.63, 3.8) is 0 Å². The van der Waals surface area contributed by atoms with Gasteiger partial charge in [0.1, 0.15) is 0 Å². The third kappa shape index (κ3) is 1.76. The summed E-state index contributed by atoms with van der Waals surface area (Å²) < 4.78 is 1.96. The van der Waals surface area contributed by atoms with E-state index in [0.717, 1.165) is 22.5 Å². The number of aryl methyl sites for hydroxylation is 1. The van der Waals surface area contributed by atoms with Gasteiger partial charge in [-0.3, -0.25) is 0 Å². The Hall–Kier alpha value is -2.03. The van der Waals surface area contributed by atoms with Gasteiger partial charge in [0.05, 0.1) is 5.97 Å². The number of carbonyl (C=O) groups excluding carboxylic acids is 1. The molecule has 0 aliphatic rings. The standard InChI is InChI=1S/C12H11NO2/c1-13-8-9(6-7-12(14)15)10-4-2-3-5-11(10)13/h2-8H,1H3,(H,14,15)/p-1/b7-6+. The lowest BCUT2D eigenvalue weighted by Gasteiger charge is -1.93. The number of hydrogen-bond acceptors (Lipinski definition) is 2. The molecule has 15 heavy (non-hydrogen) atoms. The van der Waals surface area contributed by atoms with Crippen molar-refractivity contribution in [1.29, 1.82) is 0 Å². The third-order valence-corrected chi connectivity index (χ3v) is 2.33. The number of aliphatic carboxylic acids is 1. The molecule has 0 saturated carbocycles. The lowest BCUT2D eigenvalue weighted by Crippen LogP contribution is -2.18. The molecule has 0 bridgehead atoms. The fourth-order valence-electron chi connectivity index (χ4n) is 1.66. The summed E-state index contributed by atoms with van der Waals surface area (Å²) in [6.07, 6.45) is 4.49. The maximum Gasteiger partial charge on any atom is 0.0643 e. The summed E-state index contributed by atoms with van der Waals surface area (Å²) in [6.45, 7) is 0. The number of para-hydroxylation sites is 1. The summed E-state index contributed by atoms with van der Waals surface area (Å²) in [5.74, 6) is -1.18. The Labute approximate surface area is 87.3 Å². The maximum absolute atomic E-state index is 10.3. The van der Waals surface area contributed by atoms with E-state index in [2.05, 4.69) is 0 Å². The van der Waals surface area contributed by atoms with Gasteiger partial charge in [0.15, 0.2) is 0 Å². The van der Waals surface area contributed by atoms with Crippen molar-refractivity contribution in [3.8, 4) is 0 Å². The molecule has 0 N–H and O–H groups in total. The van der Waals surface area contributed by atoms with Crippen molar-refractivity contribution >= 4 is 22.9 Å². The van der Waals surface area contributed by atoms with E-state index >= 15 is 0 Å². The van der Waals surface area contributed by atoms with Crippen molar-refractivity contribution in [2.24, 2.45) is 7.05 Å². The molecule has 0 saturated heterocycles. The number of carbonyl (C=O) groups is 1. The fraction of sp³-hybridized carbons (Fsp3) is 0.0833. The van der Waals surface area contributed by atoms with E-state index in [1.54, 1.807) is 6.08 Å². The van der Waals surface area contributed by atoms with Crippen LogP contribution in [0.5, 0.6) is 0 Å². The molecule has 1 aromatic carbocycles. The summed E-state index contributed by atoms with van der Waals surface area (Å²) in [4.78, 5) is 10.3. The van der Waals surface area contributed by atoms with Gasteiger partial charge in [0, 0.05) is 29.7 Å². The van der Waals surface area contributed by atoms with Gasteiger partial charge in [-0.05, 0) is 12.1 Å². The highest BCUT2D eigenvalue weighted by Crippen LogP contribution is 2.21. The summed E-state index contributed by atoms with van der Waals surface area (Å²) in [7, 11) is 1.93. The second kappa shape index (κ2) is 3.61. The van der Waals surface area contributed by atoms with Crippen LogP contribution >= 0.6 is 0 Å². The minimum atomic E-state index is -1.18.